The summed E-state index contributed by atoms with van der Waals surface area (Å²) in [6.07, 6.45) is -4.63. The highest BCUT2D eigenvalue weighted by atomic mass is 35.5. The highest BCUT2D eigenvalue weighted by molar-refractivity contribution is 6.33. The van der Waals surface area contributed by atoms with Crippen molar-refractivity contribution in [3.05, 3.63) is 29.3 Å². The summed E-state index contributed by atoms with van der Waals surface area (Å²) in [5.74, 6) is 3.42. The first-order valence-electron chi connectivity index (χ1n) is 3.82. The number of nitrogens with zero attached hydrogens (tertiary/aromatic N) is 1. The van der Waals surface area contributed by atoms with Crippen molar-refractivity contribution in [2.24, 2.45) is 10.8 Å². The van der Waals surface area contributed by atoms with Crippen molar-refractivity contribution in [1.82, 2.24) is 5.43 Å². The third-order valence-corrected chi connectivity index (χ3v) is 1.81. The normalized spacial score (nSPS) is 12.7. The van der Waals surface area contributed by atoms with E-state index in [0.29, 0.717) is 0 Å². The van der Waals surface area contributed by atoms with E-state index < -0.39 is 12.0 Å². The van der Waals surface area contributed by atoms with Crippen LogP contribution in [0.15, 0.2) is 29.3 Å². The van der Waals surface area contributed by atoms with Crippen LogP contribution in [0.1, 0.15) is 0 Å². The van der Waals surface area contributed by atoms with E-state index in [9.17, 15) is 13.2 Å². The molecule has 0 aliphatic carbocycles. The van der Waals surface area contributed by atoms with Gasteiger partial charge in [0.25, 0.3) is 0 Å². The molecule has 0 saturated heterocycles. The predicted octanol–water partition coefficient (Wildman–Crippen LogP) is 2.40. The molecular weight excluding hydrogens is 231 g/mol. The van der Waals surface area contributed by atoms with E-state index in [1.807, 2.05) is 0 Å². The van der Waals surface area contributed by atoms with Gasteiger partial charge < -0.3 is 5.43 Å². The lowest BCUT2D eigenvalue weighted by Crippen LogP contribution is -2.41. The lowest BCUT2D eigenvalue weighted by molar-refractivity contribution is -0.0617. The first-order chi connectivity index (χ1) is 6.95. The second kappa shape index (κ2) is 4.50. The van der Waals surface area contributed by atoms with Crippen molar-refractivity contribution in [3.63, 3.8) is 0 Å². The van der Waals surface area contributed by atoms with Crippen LogP contribution in [0, 0.1) is 0 Å². The summed E-state index contributed by atoms with van der Waals surface area (Å²) in [6, 6.07) is 5.90. The number of rotatable bonds is 1. The molecule has 0 aliphatic rings. The highest BCUT2D eigenvalue weighted by Gasteiger charge is 2.35. The van der Waals surface area contributed by atoms with Gasteiger partial charge >= 0.3 is 6.18 Å². The molecule has 1 rings (SSSR count). The Morgan fingerprint density at radius 1 is 1.33 bits per heavy atom. The maximum Gasteiger partial charge on any atom is 0.450 e. The molecule has 1 aromatic rings. The molecule has 7 heteroatoms. The van der Waals surface area contributed by atoms with E-state index >= 15 is 0 Å². The Hall–Kier alpha value is -1.27. The van der Waals surface area contributed by atoms with Crippen LogP contribution in [0.3, 0.4) is 0 Å². The van der Waals surface area contributed by atoms with Crippen LogP contribution >= 0.6 is 11.6 Å². The van der Waals surface area contributed by atoms with E-state index in [2.05, 4.69) is 4.99 Å². The lowest BCUT2D eigenvalue weighted by atomic mass is 10.3. The molecule has 0 atom stereocenters. The molecule has 0 fully saturated rings. The van der Waals surface area contributed by atoms with Crippen LogP contribution in [0.4, 0.5) is 18.9 Å². The third-order valence-electron chi connectivity index (χ3n) is 1.49. The van der Waals surface area contributed by atoms with Crippen LogP contribution in [-0.2, 0) is 0 Å². The quantitative estimate of drug-likeness (QED) is 0.341. The number of nitrogens with one attached hydrogen (secondary N) is 1. The number of aliphatic imine (C=N–C) groups is 1. The molecule has 0 spiro atoms. The highest BCUT2D eigenvalue weighted by Crippen LogP contribution is 2.26. The van der Waals surface area contributed by atoms with Crippen molar-refractivity contribution >= 4 is 23.1 Å². The number of hydrazine groups is 1. The van der Waals surface area contributed by atoms with E-state index in [1.165, 1.54) is 23.6 Å². The molecule has 0 radical (unpaired) electrons. The number of amidine groups is 1. The van der Waals surface area contributed by atoms with Crippen LogP contribution in [-0.4, -0.2) is 12.0 Å². The van der Waals surface area contributed by atoms with Crippen LogP contribution in [0.2, 0.25) is 5.02 Å². The SMILES string of the molecule is NNC(=Nc1ccccc1Cl)C(F)(F)F. The van der Waals surface area contributed by atoms with E-state index in [1.54, 1.807) is 6.07 Å². The molecule has 0 aromatic heterocycles. The average molecular weight is 238 g/mol. The second-order valence-corrected chi connectivity index (χ2v) is 2.96. The number of nitrogens with two attached hydrogens (primary N) is 1. The Kier molecular flexibility index (Phi) is 3.54. The van der Waals surface area contributed by atoms with Crippen LogP contribution < -0.4 is 11.3 Å². The monoisotopic (exact) mass is 237 g/mol. The van der Waals surface area contributed by atoms with Crippen molar-refractivity contribution < 1.29 is 13.2 Å². The van der Waals surface area contributed by atoms with Crippen LogP contribution in [0.5, 0.6) is 0 Å². The Bertz CT molecular complexity index is 376. The number of hydrogen-bond donors (Lipinski definition) is 2. The van der Waals surface area contributed by atoms with Crippen molar-refractivity contribution in [3.8, 4) is 0 Å². The van der Waals surface area contributed by atoms with Crippen molar-refractivity contribution in [2.45, 2.75) is 6.18 Å². The van der Waals surface area contributed by atoms with Gasteiger partial charge in [0.2, 0.25) is 5.84 Å². The second-order valence-electron chi connectivity index (χ2n) is 2.55. The largest absolute Gasteiger partial charge is 0.450 e. The fourth-order valence-corrected chi connectivity index (χ4v) is 1.02. The Morgan fingerprint density at radius 2 is 1.93 bits per heavy atom. The van der Waals surface area contributed by atoms with Gasteiger partial charge in [0.05, 0.1) is 10.7 Å². The van der Waals surface area contributed by atoms with Crippen LogP contribution in [0.25, 0.3) is 0 Å². The van der Waals surface area contributed by atoms with Gasteiger partial charge in [-0.15, -0.1) is 0 Å². The molecule has 3 nitrogen and oxygen atoms in total. The Morgan fingerprint density at radius 3 is 2.40 bits per heavy atom. The number of benzene rings is 1. The lowest BCUT2D eigenvalue weighted by Gasteiger charge is -2.09. The third kappa shape index (κ3) is 3.10. The minimum atomic E-state index is -4.63. The minimum absolute atomic E-state index is 0.00411. The maximum absolute atomic E-state index is 12.2. The summed E-state index contributed by atoms with van der Waals surface area (Å²) in [5.41, 5.74) is 1.49. The molecule has 1 aromatic carbocycles. The van der Waals surface area contributed by atoms with E-state index in [0.717, 1.165) is 0 Å². The van der Waals surface area contributed by atoms with Crippen molar-refractivity contribution in [2.75, 3.05) is 0 Å². The minimum Gasteiger partial charge on any atom is -0.304 e. The number of para-hydroxylation sites is 1. The standard InChI is InChI=1S/C8H7ClF3N3/c9-5-3-1-2-4-6(5)14-7(15-13)8(10,11)12/h1-4H,13H2,(H,14,15). The van der Waals surface area contributed by atoms with Gasteiger partial charge in [0.1, 0.15) is 0 Å². The molecule has 0 saturated carbocycles. The first kappa shape index (κ1) is 11.8. The number of hydrogen-bond acceptors (Lipinski definition) is 2. The molecule has 0 bridgehead atoms. The van der Waals surface area contributed by atoms with Gasteiger partial charge in [0.15, 0.2) is 0 Å². The number of halogens is 4. The molecular formula is C8H7ClF3N3. The topological polar surface area (TPSA) is 50.4 Å². The smallest absolute Gasteiger partial charge is 0.304 e. The zero-order valence-corrected chi connectivity index (χ0v) is 8.10. The van der Waals surface area contributed by atoms with E-state index in [-0.39, 0.29) is 10.7 Å². The first-order valence-corrected chi connectivity index (χ1v) is 4.20. The molecule has 0 unspecified atom stereocenters. The van der Waals surface area contributed by atoms with Gasteiger partial charge in [-0.2, -0.15) is 13.2 Å². The van der Waals surface area contributed by atoms with Gasteiger partial charge in [-0.25, -0.2) is 10.8 Å². The molecule has 82 valence electrons. The fraction of sp³-hybridized carbons (Fsp3) is 0.125. The summed E-state index contributed by atoms with van der Waals surface area (Å²) in [5, 5.41) is 0.120. The predicted molar refractivity (Wildman–Crippen MR) is 51.9 cm³/mol. The summed E-state index contributed by atoms with van der Waals surface area (Å²) in [6.45, 7) is 0. The average Bonchev–Trinajstić information content (AvgIpc) is 2.14. The molecule has 0 amide bonds. The van der Waals surface area contributed by atoms with Gasteiger partial charge in [0, 0.05) is 0 Å². The van der Waals surface area contributed by atoms with Gasteiger partial charge in [-0.05, 0) is 12.1 Å². The van der Waals surface area contributed by atoms with Crippen molar-refractivity contribution in [1.29, 1.82) is 0 Å². The Labute approximate surface area is 88.7 Å². The maximum atomic E-state index is 12.2. The molecule has 0 heterocycles. The zero-order chi connectivity index (χ0) is 11.5. The number of alkyl halides is 3. The summed E-state index contributed by atoms with van der Waals surface area (Å²) >= 11 is 5.63. The van der Waals surface area contributed by atoms with Gasteiger partial charge in [-0.3, -0.25) is 0 Å². The van der Waals surface area contributed by atoms with Gasteiger partial charge in [-0.1, -0.05) is 23.7 Å². The molecule has 3 N–H and O–H groups in total. The Balaban J connectivity index is 3.10. The molecule has 0 aliphatic heterocycles. The fourth-order valence-electron chi connectivity index (χ4n) is 0.840. The molecule has 15 heavy (non-hydrogen) atoms. The zero-order valence-electron chi connectivity index (χ0n) is 7.35. The summed E-state index contributed by atoms with van der Waals surface area (Å²) in [4.78, 5) is 3.27. The summed E-state index contributed by atoms with van der Waals surface area (Å²) < 4.78 is 36.7. The van der Waals surface area contributed by atoms with E-state index in [4.69, 9.17) is 17.4 Å². The summed E-state index contributed by atoms with van der Waals surface area (Å²) in [7, 11) is 0.